The van der Waals surface area contributed by atoms with Crippen molar-refractivity contribution in [1.29, 1.82) is 0 Å². The first-order valence-electron chi connectivity index (χ1n) is 4.76. The summed E-state index contributed by atoms with van der Waals surface area (Å²) < 4.78 is 25.5. The molecule has 0 spiro atoms. The minimum atomic E-state index is -3.86. The van der Waals surface area contributed by atoms with Gasteiger partial charge in [-0.15, -0.1) is 0 Å². The molecular formula is C10H14N2O3S. The molecule has 5 nitrogen and oxygen atoms in total. The summed E-state index contributed by atoms with van der Waals surface area (Å²) in [5, 5.41) is 0. The first-order valence-corrected chi connectivity index (χ1v) is 6.24. The molecule has 0 bridgehead atoms. The van der Waals surface area contributed by atoms with Crippen molar-refractivity contribution in [3.8, 4) is 0 Å². The first kappa shape index (κ1) is 12.5. The van der Waals surface area contributed by atoms with Gasteiger partial charge in [0.05, 0.1) is 5.69 Å². The third kappa shape index (κ3) is 2.73. The Labute approximate surface area is 94.7 Å². The zero-order chi connectivity index (χ0) is 12.3. The number of rotatable bonds is 3. The predicted octanol–water partition coefficient (Wildman–Crippen LogP) is 0.730. The van der Waals surface area contributed by atoms with Crippen LogP contribution in [0.5, 0.6) is 0 Å². The Morgan fingerprint density at radius 1 is 1.31 bits per heavy atom. The minimum Gasteiger partial charge on any atom is -0.398 e. The lowest BCUT2D eigenvalue weighted by atomic mass is 10.2. The van der Waals surface area contributed by atoms with E-state index in [-0.39, 0.29) is 10.6 Å². The average molecular weight is 242 g/mol. The zero-order valence-electron chi connectivity index (χ0n) is 9.10. The molecule has 0 aliphatic heterocycles. The zero-order valence-corrected chi connectivity index (χ0v) is 9.91. The molecular weight excluding hydrogens is 228 g/mol. The van der Waals surface area contributed by atoms with Crippen molar-refractivity contribution in [2.45, 2.75) is 18.7 Å². The van der Waals surface area contributed by atoms with E-state index in [2.05, 4.69) is 0 Å². The maximum Gasteiger partial charge on any atom is 0.266 e. The second kappa shape index (κ2) is 4.52. The summed E-state index contributed by atoms with van der Waals surface area (Å²) in [5.74, 6) is -0.956. The fourth-order valence-corrected chi connectivity index (χ4v) is 2.28. The lowest BCUT2D eigenvalue weighted by Gasteiger charge is -2.10. The number of nitrogens with one attached hydrogen (secondary N) is 1. The van der Waals surface area contributed by atoms with Crippen LogP contribution in [0.4, 0.5) is 5.69 Å². The van der Waals surface area contributed by atoms with Crippen molar-refractivity contribution in [2.24, 2.45) is 5.92 Å². The van der Waals surface area contributed by atoms with Crippen molar-refractivity contribution >= 4 is 21.6 Å². The molecule has 0 heterocycles. The molecule has 0 aliphatic carbocycles. The standard InChI is InChI=1S/C10H14N2O3S/c1-7(2)10(13)12-16(14,15)9-6-4-3-5-8(9)11/h3-7H,11H2,1-2H3,(H,12,13). The van der Waals surface area contributed by atoms with E-state index < -0.39 is 21.8 Å². The second-order valence-electron chi connectivity index (χ2n) is 3.66. The number of para-hydroxylation sites is 1. The number of sulfonamides is 1. The van der Waals surface area contributed by atoms with Gasteiger partial charge in [-0.1, -0.05) is 26.0 Å². The van der Waals surface area contributed by atoms with Crippen LogP contribution in [0.3, 0.4) is 0 Å². The molecule has 0 saturated carbocycles. The number of carbonyl (C=O) groups is 1. The van der Waals surface area contributed by atoms with E-state index in [4.69, 9.17) is 5.73 Å². The summed E-state index contributed by atoms with van der Waals surface area (Å²) in [6.45, 7) is 3.22. The summed E-state index contributed by atoms with van der Waals surface area (Å²) in [4.78, 5) is 11.2. The van der Waals surface area contributed by atoms with Gasteiger partial charge < -0.3 is 5.73 Å². The van der Waals surface area contributed by atoms with E-state index in [1.807, 2.05) is 4.72 Å². The Balaban J connectivity index is 3.05. The number of benzene rings is 1. The molecule has 0 aromatic heterocycles. The van der Waals surface area contributed by atoms with Gasteiger partial charge in [0.25, 0.3) is 10.0 Å². The second-order valence-corrected chi connectivity index (χ2v) is 5.31. The first-order chi connectivity index (χ1) is 7.34. The van der Waals surface area contributed by atoms with Gasteiger partial charge in [-0.3, -0.25) is 4.79 Å². The molecule has 0 saturated heterocycles. The Morgan fingerprint density at radius 3 is 2.38 bits per heavy atom. The van der Waals surface area contributed by atoms with Crippen LogP contribution in [0.15, 0.2) is 29.2 Å². The Hall–Kier alpha value is -1.56. The van der Waals surface area contributed by atoms with Crippen molar-refractivity contribution in [3.05, 3.63) is 24.3 Å². The van der Waals surface area contributed by atoms with Gasteiger partial charge in [-0.05, 0) is 12.1 Å². The summed E-state index contributed by atoms with van der Waals surface area (Å²) in [6, 6.07) is 5.99. The molecule has 0 aliphatic rings. The van der Waals surface area contributed by atoms with Gasteiger partial charge in [0, 0.05) is 5.92 Å². The Kier molecular flexibility index (Phi) is 3.54. The fraction of sp³-hybridized carbons (Fsp3) is 0.300. The van der Waals surface area contributed by atoms with Gasteiger partial charge in [0.15, 0.2) is 0 Å². The number of nitrogens with two attached hydrogens (primary N) is 1. The molecule has 16 heavy (non-hydrogen) atoms. The van der Waals surface area contributed by atoms with Crippen molar-refractivity contribution in [2.75, 3.05) is 5.73 Å². The number of hydrogen-bond acceptors (Lipinski definition) is 4. The summed E-state index contributed by atoms with van der Waals surface area (Å²) >= 11 is 0. The lowest BCUT2D eigenvalue weighted by molar-refractivity contribution is -0.122. The van der Waals surface area contributed by atoms with Crippen LogP contribution in [0, 0.1) is 5.92 Å². The number of hydrogen-bond donors (Lipinski definition) is 2. The molecule has 1 aromatic rings. The predicted molar refractivity (Wildman–Crippen MR) is 61.0 cm³/mol. The Bertz CT molecular complexity index is 495. The third-order valence-electron chi connectivity index (χ3n) is 1.97. The third-order valence-corrected chi connectivity index (χ3v) is 3.39. The highest BCUT2D eigenvalue weighted by Gasteiger charge is 2.21. The van der Waals surface area contributed by atoms with E-state index in [1.54, 1.807) is 26.0 Å². The molecule has 0 fully saturated rings. The largest absolute Gasteiger partial charge is 0.398 e. The molecule has 0 unspecified atom stereocenters. The van der Waals surface area contributed by atoms with Crippen LogP contribution in [0.25, 0.3) is 0 Å². The highest BCUT2D eigenvalue weighted by molar-refractivity contribution is 7.90. The van der Waals surface area contributed by atoms with Crippen LogP contribution < -0.4 is 10.5 Å². The van der Waals surface area contributed by atoms with E-state index in [0.29, 0.717) is 0 Å². The maximum atomic E-state index is 11.8. The summed E-state index contributed by atoms with van der Waals surface area (Å²) in [5.41, 5.74) is 5.65. The summed E-state index contributed by atoms with van der Waals surface area (Å²) in [7, 11) is -3.86. The van der Waals surface area contributed by atoms with Gasteiger partial charge in [0.1, 0.15) is 4.90 Å². The monoisotopic (exact) mass is 242 g/mol. The van der Waals surface area contributed by atoms with Crippen molar-refractivity contribution in [3.63, 3.8) is 0 Å². The van der Waals surface area contributed by atoms with Crippen molar-refractivity contribution in [1.82, 2.24) is 4.72 Å². The van der Waals surface area contributed by atoms with Crippen LogP contribution >= 0.6 is 0 Å². The Morgan fingerprint density at radius 2 is 1.88 bits per heavy atom. The van der Waals surface area contributed by atoms with Gasteiger partial charge in [-0.2, -0.15) is 0 Å². The van der Waals surface area contributed by atoms with E-state index in [0.717, 1.165) is 0 Å². The van der Waals surface area contributed by atoms with E-state index in [9.17, 15) is 13.2 Å². The molecule has 1 rings (SSSR count). The molecule has 0 radical (unpaired) electrons. The van der Waals surface area contributed by atoms with Gasteiger partial charge >= 0.3 is 0 Å². The van der Waals surface area contributed by atoms with Crippen LogP contribution in [0.1, 0.15) is 13.8 Å². The van der Waals surface area contributed by atoms with E-state index in [1.165, 1.54) is 12.1 Å². The van der Waals surface area contributed by atoms with Gasteiger partial charge in [0.2, 0.25) is 5.91 Å². The molecule has 1 amide bonds. The molecule has 1 aromatic carbocycles. The SMILES string of the molecule is CC(C)C(=O)NS(=O)(=O)c1ccccc1N. The average Bonchev–Trinajstić information content (AvgIpc) is 2.17. The van der Waals surface area contributed by atoms with Crippen LogP contribution in [-0.4, -0.2) is 14.3 Å². The van der Waals surface area contributed by atoms with Crippen molar-refractivity contribution < 1.29 is 13.2 Å². The normalized spacial score (nSPS) is 11.4. The summed E-state index contributed by atoms with van der Waals surface area (Å²) in [6.07, 6.45) is 0. The van der Waals surface area contributed by atoms with Crippen LogP contribution in [-0.2, 0) is 14.8 Å². The molecule has 3 N–H and O–H groups in total. The lowest BCUT2D eigenvalue weighted by Crippen LogP contribution is -2.34. The number of nitrogen functional groups attached to an aromatic ring is 1. The molecule has 6 heteroatoms. The highest BCUT2D eigenvalue weighted by atomic mass is 32.2. The fourth-order valence-electron chi connectivity index (χ4n) is 1.03. The number of carbonyl (C=O) groups excluding carboxylic acids is 1. The molecule has 0 atom stereocenters. The number of amides is 1. The smallest absolute Gasteiger partial charge is 0.266 e. The van der Waals surface area contributed by atoms with Crippen LogP contribution in [0.2, 0.25) is 0 Å². The van der Waals surface area contributed by atoms with Gasteiger partial charge in [-0.25, -0.2) is 13.1 Å². The maximum absolute atomic E-state index is 11.8. The number of anilines is 1. The quantitative estimate of drug-likeness (QED) is 0.765. The van der Waals surface area contributed by atoms with E-state index >= 15 is 0 Å². The minimum absolute atomic E-state index is 0.0796. The highest BCUT2D eigenvalue weighted by Crippen LogP contribution is 2.16. The molecule has 88 valence electrons. The topological polar surface area (TPSA) is 89.3 Å².